The number of carbonyl (C=O) groups excluding carboxylic acids is 2. The molecule has 2 bridgehead atoms. The second-order valence-electron chi connectivity index (χ2n) is 7.35. The van der Waals surface area contributed by atoms with Crippen LogP contribution in [-0.2, 0) is 4.74 Å². The number of carbonyl (C=O) groups is 2. The summed E-state index contributed by atoms with van der Waals surface area (Å²) in [4.78, 5) is 40.6. The van der Waals surface area contributed by atoms with Gasteiger partial charge in [0.15, 0.2) is 0 Å². The maximum atomic E-state index is 14.5. The molecule has 2 aliphatic rings. The van der Waals surface area contributed by atoms with Crippen LogP contribution in [0, 0.1) is 11.7 Å². The summed E-state index contributed by atoms with van der Waals surface area (Å²) in [5.74, 6) is -1.50. The molecular weight excluding hydrogens is 395 g/mol. The molecular formula is C20H21FN4O5. The van der Waals surface area contributed by atoms with E-state index in [1.807, 2.05) is 0 Å². The zero-order valence-corrected chi connectivity index (χ0v) is 16.3. The molecule has 2 atom stereocenters. The molecule has 1 aromatic carbocycles. The highest BCUT2D eigenvalue weighted by molar-refractivity contribution is 5.97. The fourth-order valence-corrected chi connectivity index (χ4v) is 3.91. The fourth-order valence-electron chi connectivity index (χ4n) is 3.91. The summed E-state index contributed by atoms with van der Waals surface area (Å²) in [6, 6.07) is 6.38. The molecule has 3 heterocycles. The van der Waals surface area contributed by atoms with Crippen LogP contribution in [0.2, 0.25) is 0 Å². The number of hydrogen-bond donors (Lipinski definition) is 1. The number of nitrogens with zero attached hydrogens (tertiary/aromatic N) is 3. The molecule has 1 aromatic heterocycles. The first-order chi connectivity index (χ1) is 14.5. The number of H-pyrrole nitrogens is 1. The van der Waals surface area contributed by atoms with Crippen molar-refractivity contribution in [2.75, 3.05) is 40.0 Å². The van der Waals surface area contributed by atoms with Gasteiger partial charge in [-0.3, -0.25) is 14.4 Å². The first kappa shape index (κ1) is 20.0. The number of ether oxygens (including phenoxy) is 2. The van der Waals surface area contributed by atoms with Crippen LogP contribution in [0.5, 0.6) is 5.75 Å². The van der Waals surface area contributed by atoms with Gasteiger partial charge in [0.2, 0.25) is 0 Å². The largest absolute Gasteiger partial charge is 0.496 e. The van der Waals surface area contributed by atoms with Gasteiger partial charge in [-0.1, -0.05) is 6.07 Å². The number of benzene rings is 1. The Bertz CT molecular complexity index is 1010. The Kier molecular flexibility index (Phi) is 5.49. The summed E-state index contributed by atoms with van der Waals surface area (Å²) < 4.78 is 25.4. The molecule has 10 heteroatoms. The van der Waals surface area contributed by atoms with Crippen LogP contribution in [0.4, 0.5) is 4.39 Å². The van der Waals surface area contributed by atoms with Gasteiger partial charge in [-0.15, -0.1) is 0 Å². The maximum Gasteiger partial charge on any atom is 0.274 e. The number of methoxy groups -OCH3 is 1. The van der Waals surface area contributed by atoms with Crippen molar-refractivity contribution in [1.29, 1.82) is 0 Å². The zero-order chi connectivity index (χ0) is 21.3. The zero-order valence-electron chi connectivity index (χ0n) is 16.3. The lowest BCUT2D eigenvalue weighted by Crippen LogP contribution is -2.48. The van der Waals surface area contributed by atoms with Gasteiger partial charge in [0.25, 0.3) is 17.4 Å². The van der Waals surface area contributed by atoms with E-state index in [1.165, 1.54) is 37.4 Å². The molecule has 2 aliphatic heterocycles. The minimum atomic E-state index is -0.663. The van der Waals surface area contributed by atoms with E-state index in [0.717, 1.165) is 0 Å². The Hall–Kier alpha value is -3.27. The lowest BCUT2D eigenvalue weighted by molar-refractivity contribution is 0.0375. The second-order valence-corrected chi connectivity index (χ2v) is 7.35. The van der Waals surface area contributed by atoms with Gasteiger partial charge >= 0.3 is 0 Å². The summed E-state index contributed by atoms with van der Waals surface area (Å²) in [7, 11) is 1.38. The van der Waals surface area contributed by atoms with Crippen molar-refractivity contribution in [1.82, 2.24) is 20.0 Å². The molecule has 0 aliphatic carbocycles. The molecule has 4 rings (SSSR count). The van der Waals surface area contributed by atoms with Crippen molar-refractivity contribution < 1.29 is 23.5 Å². The van der Waals surface area contributed by atoms with E-state index in [0.29, 0.717) is 19.7 Å². The first-order valence-electron chi connectivity index (χ1n) is 9.54. The van der Waals surface area contributed by atoms with Gasteiger partial charge in [-0.05, 0) is 18.2 Å². The molecule has 2 amide bonds. The molecule has 30 heavy (non-hydrogen) atoms. The van der Waals surface area contributed by atoms with Crippen molar-refractivity contribution in [3.8, 4) is 5.75 Å². The van der Waals surface area contributed by atoms with E-state index >= 15 is 0 Å². The Morgan fingerprint density at radius 3 is 2.73 bits per heavy atom. The van der Waals surface area contributed by atoms with Gasteiger partial charge in [-0.2, -0.15) is 5.10 Å². The number of nitrogens with one attached hydrogen (secondary N) is 1. The number of hydrogen-bond acceptors (Lipinski definition) is 6. The molecule has 0 unspecified atom stereocenters. The topological polar surface area (TPSA) is 105 Å². The van der Waals surface area contributed by atoms with Crippen LogP contribution >= 0.6 is 0 Å². The van der Waals surface area contributed by atoms with Gasteiger partial charge in [-0.25, -0.2) is 9.49 Å². The smallest absolute Gasteiger partial charge is 0.274 e. The van der Waals surface area contributed by atoms with Crippen LogP contribution < -0.4 is 10.3 Å². The molecule has 2 fully saturated rings. The molecule has 158 valence electrons. The summed E-state index contributed by atoms with van der Waals surface area (Å²) in [5, 5.41) is 6.06. The predicted octanol–water partition coefficient (Wildman–Crippen LogP) is 0.531. The van der Waals surface area contributed by atoms with Gasteiger partial charge < -0.3 is 19.3 Å². The van der Waals surface area contributed by atoms with E-state index in [-0.39, 0.29) is 42.0 Å². The SMILES string of the molecule is COc1cccc(F)c1C(=O)N1C[C@H]2COC[C@@H]1CN(C(=O)c1ccc(=O)[nH]n1)C2. The number of fused-ring (bicyclic) bond motifs is 3. The van der Waals surface area contributed by atoms with Gasteiger partial charge in [0.05, 0.1) is 26.4 Å². The number of aromatic nitrogens is 2. The molecule has 9 nitrogen and oxygen atoms in total. The van der Waals surface area contributed by atoms with Crippen molar-refractivity contribution in [2.45, 2.75) is 6.04 Å². The number of halogens is 1. The monoisotopic (exact) mass is 416 g/mol. The van der Waals surface area contributed by atoms with Crippen molar-refractivity contribution in [2.24, 2.45) is 5.92 Å². The van der Waals surface area contributed by atoms with Crippen LogP contribution in [0.15, 0.2) is 35.1 Å². The fraction of sp³-hybridized carbons (Fsp3) is 0.400. The third-order valence-corrected chi connectivity index (χ3v) is 5.32. The van der Waals surface area contributed by atoms with Gasteiger partial charge in [0, 0.05) is 31.6 Å². The Morgan fingerprint density at radius 2 is 2.00 bits per heavy atom. The Balaban J connectivity index is 1.62. The Labute approximate surface area is 171 Å². The van der Waals surface area contributed by atoms with E-state index in [9.17, 15) is 18.8 Å². The quantitative estimate of drug-likeness (QED) is 0.783. The molecule has 2 saturated heterocycles. The number of aromatic amines is 1. The van der Waals surface area contributed by atoms with E-state index in [4.69, 9.17) is 9.47 Å². The third kappa shape index (κ3) is 3.78. The molecule has 1 N–H and O–H groups in total. The average Bonchev–Trinajstić information content (AvgIpc) is 3.04. The highest BCUT2D eigenvalue weighted by atomic mass is 19.1. The summed E-state index contributed by atoms with van der Waals surface area (Å²) in [6.07, 6.45) is 0. The highest BCUT2D eigenvalue weighted by Gasteiger charge is 2.39. The summed E-state index contributed by atoms with van der Waals surface area (Å²) >= 11 is 0. The number of amides is 2. The second kappa shape index (κ2) is 8.23. The Morgan fingerprint density at radius 1 is 1.17 bits per heavy atom. The van der Waals surface area contributed by atoms with Crippen LogP contribution in [0.1, 0.15) is 20.8 Å². The highest BCUT2D eigenvalue weighted by Crippen LogP contribution is 2.27. The van der Waals surface area contributed by atoms with E-state index in [1.54, 1.807) is 9.80 Å². The molecule has 2 aromatic rings. The lowest BCUT2D eigenvalue weighted by Gasteiger charge is -2.31. The van der Waals surface area contributed by atoms with Crippen LogP contribution in [-0.4, -0.2) is 77.8 Å². The van der Waals surface area contributed by atoms with Crippen LogP contribution in [0.3, 0.4) is 0 Å². The number of rotatable bonds is 3. The minimum Gasteiger partial charge on any atom is -0.496 e. The van der Waals surface area contributed by atoms with Crippen molar-refractivity contribution in [3.63, 3.8) is 0 Å². The standard InChI is InChI=1S/C20H21FN4O5/c1-29-16-4-2-3-14(21)18(16)20(28)25-8-12-7-24(9-13(25)11-30-10-12)19(27)15-5-6-17(26)23-22-15/h2-6,12-13H,7-11H2,1H3,(H,23,26)/t12-,13-/m0/s1. The molecule has 0 radical (unpaired) electrons. The van der Waals surface area contributed by atoms with Crippen molar-refractivity contribution >= 4 is 11.8 Å². The summed E-state index contributed by atoms with van der Waals surface area (Å²) in [5.41, 5.74) is -0.417. The van der Waals surface area contributed by atoms with Crippen molar-refractivity contribution in [3.05, 3.63) is 57.8 Å². The minimum absolute atomic E-state index is 0.115. The third-order valence-electron chi connectivity index (χ3n) is 5.32. The summed E-state index contributed by atoms with van der Waals surface area (Å²) in [6.45, 7) is 1.48. The van der Waals surface area contributed by atoms with Gasteiger partial charge in [0.1, 0.15) is 22.8 Å². The van der Waals surface area contributed by atoms with E-state index < -0.39 is 23.3 Å². The maximum absolute atomic E-state index is 14.5. The lowest BCUT2D eigenvalue weighted by atomic mass is 10.1. The predicted molar refractivity (Wildman–Crippen MR) is 103 cm³/mol. The normalized spacial score (nSPS) is 21.1. The first-order valence-corrected chi connectivity index (χ1v) is 9.54. The molecule has 0 saturated carbocycles. The van der Waals surface area contributed by atoms with E-state index in [2.05, 4.69) is 10.2 Å². The average molecular weight is 416 g/mol. The van der Waals surface area contributed by atoms with Crippen LogP contribution in [0.25, 0.3) is 0 Å². The molecule has 0 spiro atoms.